The summed E-state index contributed by atoms with van der Waals surface area (Å²) < 4.78 is 51.8. The lowest BCUT2D eigenvalue weighted by Crippen LogP contribution is -2.10. The molecule has 0 aromatic carbocycles. The van der Waals surface area contributed by atoms with Gasteiger partial charge in [-0.15, -0.1) is 0 Å². The van der Waals surface area contributed by atoms with Crippen LogP contribution in [0.5, 0.6) is 0 Å². The maximum atomic E-state index is 10.8. The van der Waals surface area contributed by atoms with Crippen LogP contribution in [-0.2, 0) is 28.6 Å². The maximum Gasteiger partial charge on any atom is 0.267 e. The van der Waals surface area contributed by atoms with Crippen molar-refractivity contribution in [2.45, 2.75) is 19.8 Å². The van der Waals surface area contributed by atoms with E-state index in [1.165, 1.54) is 6.92 Å². The van der Waals surface area contributed by atoms with Crippen LogP contribution in [-0.4, -0.2) is 42.1 Å². The third kappa shape index (κ3) is 10.1. The normalized spacial score (nSPS) is 12.9. The lowest BCUT2D eigenvalue weighted by molar-refractivity contribution is 0.272. The zero-order valence-corrected chi connectivity index (χ0v) is 10.4. The Bertz CT molecular complexity index is 355. The molecule has 0 rings (SSSR count). The largest absolute Gasteiger partial charge is 0.270 e. The standard InChI is InChI=1S/C7H16O6S2/c1-3-15(10,11)13-7-5-4-6-12-14(2,8)9/h3-7H2,1-2H3. The number of rotatable bonds is 8. The molecule has 0 radical (unpaired) electrons. The molecule has 8 heteroatoms. The molecule has 0 N–H and O–H groups in total. The van der Waals surface area contributed by atoms with Gasteiger partial charge in [-0.05, 0) is 19.8 Å². The molecular formula is C7H16O6S2. The zero-order valence-electron chi connectivity index (χ0n) is 8.80. The second-order valence-electron chi connectivity index (χ2n) is 2.90. The van der Waals surface area contributed by atoms with E-state index >= 15 is 0 Å². The van der Waals surface area contributed by atoms with Crippen molar-refractivity contribution >= 4 is 20.2 Å². The Morgan fingerprint density at radius 1 is 0.933 bits per heavy atom. The molecule has 0 aliphatic heterocycles. The first-order valence-corrected chi connectivity index (χ1v) is 7.88. The third-order valence-electron chi connectivity index (χ3n) is 1.45. The van der Waals surface area contributed by atoms with Gasteiger partial charge in [0, 0.05) is 0 Å². The minimum atomic E-state index is -3.40. The Balaban J connectivity index is 3.50. The van der Waals surface area contributed by atoms with Crippen molar-refractivity contribution in [3.05, 3.63) is 0 Å². The van der Waals surface area contributed by atoms with Gasteiger partial charge < -0.3 is 0 Å². The van der Waals surface area contributed by atoms with Crippen LogP contribution in [0.15, 0.2) is 0 Å². The second kappa shape index (κ2) is 6.41. The predicted molar refractivity (Wildman–Crippen MR) is 55.4 cm³/mol. The monoisotopic (exact) mass is 260 g/mol. The predicted octanol–water partition coefficient (Wildman–Crippen LogP) is 0.109. The summed E-state index contributed by atoms with van der Waals surface area (Å²) in [5, 5.41) is 0. The molecule has 92 valence electrons. The molecule has 0 saturated carbocycles. The molecule has 0 aliphatic carbocycles. The van der Waals surface area contributed by atoms with Gasteiger partial charge in [0.15, 0.2) is 0 Å². The summed E-state index contributed by atoms with van der Waals surface area (Å²) in [6, 6.07) is 0. The van der Waals surface area contributed by atoms with Crippen molar-refractivity contribution in [2.24, 2.45) is 0 Å². The van der Waals surface area contributed by atoms with Crippen LogP contribution < -0.4 is 0 Å². The van der Waals surface area contributed by atoms with E-state index in [1.54, 1.807) is 0 Å². The van der Waals surface area contributed by atoms with Crippen molar-refractivity contribution < 1.29 is 25.2 Å². The summed E-state index contributed by atoms with van der Waals surface area (Å²) in [5.74, 6) is -0.0627. The molecule has 0 unspecified atom stereocenters. The van der Waals surface area contributed by atoms with Crippen LogP contribution in [0.4, 0.5) is 0 Å². The average molecular weight is 260 g/mol. The van der Waals surface area contributed by atoms with E-state index < -0.39 is 20.2 Å². The van der Waals surface area contributed by atoms with E-state index in [-0.39, 0.29) is 19.0 Å². The molecule has 0 spiro atoms. The highest BCUT2D eigenvalue weighted by Gasteiger charge is 2.06. The van der Waals surface area contributed by atoms with Gasteiger partial charge in [-0.2, -0.15) is 16.8 Å². The van der Waals surface area contributed by atoms with Gasteiger partial charge in [0.1, 0.15) is 0 Å². The van der Waals surface area contributed by atoms with Crippen LogP contribution >= 0.6 is 0 Å². The van der Waals surface area contributed by atoms with Gasteiger partial charge in [0.05, 0.1) is 25.2 Å². The van der Waals surface area contributed by atoms with Crippen LogP contribution in [0, 0.1) is 0 Å². The van der Waals surface area contributed by atoms with Gasteiger partial charge in [-0.3, -0.25) is 8.37 Å². The molecule has 0 atom stereocenters. The number of hydrogen-bond acceptors (Lipinski definition) is 6. The molecular weight excluding hydrogens is 244 g/mol. The van der Waals surface area contributed by atoms with Crippen molar-refractivity contribution in [1.82, 2.24) is 0 Å². The summed E-state index contributed by atoms with van der Waals surface area (Å²) in [4.78, 5) is 0. The van der Waals surface area contributed by atoms with Gasteiger partial charge in [0.25, 0.3) is 20.2 Å². The molecule has 6 nitrogen and oxygen atoms in total. The van der Waals surface area contributed by atoms with Gasteiger partial charge in [-0.25, -0.2) is 0 Å². The van der Waals surface area contributed by atoms with Crippen LogP contribution in [0.2, 0.25) is 0 Å². The van der Waals surface area contributed by atoms with E-state index in [4.69, 9.17) is 0 Å². The fourth-order valence-electron chi connectivity index (χ4n) is 0.684. The summed E-state index contributed by atoms with van der Waals surface area (Å²) in [5.41, 5.74) is 0. The van der Waals surface area contributed by atoms with E-state index in [0.29, 0.717) is 12.8 Å². The molecule has 0 aliphatic rings. The van der Waals surface area contributed by atoms with Crippen LogP contribution in [0.3, 0.4) is 0 Å². The SMILES string of the molecule is CCS(=O)(=O)OCCCCOS(C)(=O)=O. The van der Waals surface area contributed by atoms with Gasteiger partial charge in [0.2, 0.25) is 0 Å². The van der Waals surface area contributed by atoms with Crippen molar-refractivity contribution in [3.63, 3.8) is 0 Å². The maximum absolute atomic E-state index is 10.8. The summed E-state index contributed by atoms with van der Waals surface area (Å²) in [7, 11) is -6.80. The first kappa shape index (κ1) is 14.8. The Labute approximate surface area is 90.8 Å². The van der Waals surface area contributed by atoms with Gasteiger partial charge in [-0.1, -0.05) is 0 Å². The quantitative estimate of drug-likeness (QED) is 0.455. The Morgan fingerprint density at radius 2 is 1.40 bits per heavy atom. The van der Waals surface area contributed by atoms with Crippen molar-refractivity contribution in [3.8, 4) is 0 Å². The minimum Gasteiger partial charge on any atom is -0.270 e. The molecule has 0 heterocycles. The Kier molecular flexibility index (Phi) is 6.34. The molecule has 0 fully saturated rings. The molecule has 0 amide bonds. The molecule has 15 heavy (non-hydrogen) atoms. The second-order valence-corrected chi connectivity index (χ2v) is 6.47. The van der Waals surface area contributed by atoms with E-state index in [0.717, 1.165) is 6.26 Å². The zero-order chi connectivity index (χ0) is 11.9. The Morgan fingerprint density at radius 3 is 1.80 bits per heavy atom. The first-order valence-electron chi connectivity index (χ1n) is 4.48. The summed E-state index contributed by atoms with van der Waals surface area (Å²) in [6.45, 7) is 1.60. The Hall–Kier alpha value is -0.180. The highest BCUT2D eigenvalue weighted by atomic mass is 32.2. The smallest absolute Gasteiger partial charge is 0.267 e. The highest BCUT2D eigenvalue weighted by Crippen LogP contribution is 1.98. The molecule has 0 saturated heterocycles. The van der Waals surface area contributed by atoms with Gasteiger partial charge >= 0.3 is 0 Å². The first-order chi connectivity index (χ1) is 6.77. The highest BCUT2D eigenvalue weighted by molar-refractivity contribution is 7.86. The van der Waals surface area contributed by atoms with Crippen molar-refractivity contribution in [1.29, 1.82) is 0 Å². The number of hydrogen-bond donors (Lipinski definition) is 0. The lowest BCUT2D eigenvalue weighted by Gasteiger charge is -2.03. The average Bonchev–Trinajstić information content (AvgIpc) is 2.09. The third-order valence-corrected chi connectivity index (χ3v) is 3.28. The topological polar surface area (TPSA) is 86.7 Å². The fraction of sp³-hybridized carbons (Fsp3) is 1.00. The molecule has 0 aromatic heterocycles. The van der Waals surface area contributed by atoms with E-state index in [9.17, 15) is 16.8 Å². The lowest BCUT2D eigenvalue weighted by atomic mass is 10.3. The molecule has 0 bridgehead atoms. The summed E-state index contributed by atoms with van der Waals surface area (Å²) in [6.07, 6.45) is 1.84. The van der Waals surface area contributed by atoms with E-state index in [2.05, 4.69) is 8.37 Å². The van der Waals surface area contributed by atoms with Crippen LogP contribution in [0.25, 0.3) is 0 Å². The molecule has 0 aromatic rings. The van der Waals surface area contributed by atoms with E-state index in [1.807, 2.05) is 0 Å². The summed E-state index contributed by atoms with van der Waals surface area (Å²) >= 11 is 0. The fourth-order valence-corrected chi connectivity index (χ4v) is 1.64. The van der Waals surface area contributed by atoms with Crippen molar-refractivity contribution in [2.75, 3.05) is 25.2 Å². The minimum absolute atomic E-state index is 0.0500. The van der Waals surface area contributed by atoms with Crippen LogP contribution in [0.1, 0.15) is 19.8 Å². The number of unbranched alkanes of at least 4 members (excludes halogenated alkanes) is 1.